The van der Waals surface area contributed by atoms with E-state index in [1.165, 1.54) is 12.8 Å². The average molecular weight is 439 g/mol. The summed E-state index contributed by atoms with van der Waals surface area (Å²) in [7, 11) is 0. The fourth-order valence-corrected chi connectivity index (χ4v) is 4.60. The van der Waals surface area contributed by atoms with Gasteiger partial charge in [-0.15, -0.1) is 0 Å². The highest BCUT2D eigenvalue weighted by Crippen LogP contribution is 2.39. The number of carbonyl (C=O) groups is 1. The molecule has 2 aromatic rings. The van der Waals surface area contributed by atoms with Crippen LogP contribution in [0.15, 0.2) is 30.6 Å². The predicted octanol–water partition coefficient (Wildman–Crippen LogP) is 5.07. The smallest absolute Gasteiger partial charge is 0.303 e. The van der Waals surface area contributed by atoms with E-state index in [-0.39, 0.29) is 12.3 Å². The third-order valence-electron chi connectivity index (χ3n) is 6.58. The second-order valence-corrected chi connectivity index (χ2v) is 8.84. The maximum Gasteiger partial charge on any atom is 0.303 e. The number of aliphatic carboxylic acids is 1. The second kappa shape index (κ2) is 10.3. The van der Waals surface area contributed by atoms with Crippen molar-refractivity contribution < 1.29 is 14.6 Å². The maximum absolute atomic E-state index is 11.4. The fraction of sp³-hybridized carbons (Fsp3) is 0.560. The molecule has 0 spiro atoms. The van der Waals surface area contributed by atoms with E-state index >= 15 is 0 Å². The van der Waals surface area contributed by atoms with Crippen LogP contribution in [0.25, 0.3) is 0 Å². The second-order valence-electron chi connectivity index (χ2n) is 8.84. The Morgan fingerprint density at radius 1 is 1.19 bits per heavy atom. The Labute approximate surface area is 190 Å². The number of anilines is 3. The summed E-state index contributed by atoms with van der Waals surface area (Å²) in [4.78, 5) is 22.9. The van der Waals surface area contributed by atoms with Crippen molar-refractivity contribution in [1.82, 2.24) is 9.97 Å². The highest BCUT2D eigenvalue weighted by molar-refractivity contribution is 5.77. The molecule has 0 radical (unpaired) electrons. The van der Waals surface area contributed by atoms with E-state index in [1.807, 2.05) is 19.3 Å². The van der Waals surface area contributed by atoms with Crippen LogP contribution in [0.4, 0.5) is 17.1 Å². The molecule has 2 heterocycles. The molecule has 1 saturated carbocycles. The van der Waals surface area contributed by atoms with Crippen molar-refractivity contribution in [2.24, 2.45) is 0 Å². The number of carboxylic acids is 1. The number of hydrogen-bond acceptors (Lipinski definition) is 6. The van der Waals surface area contributed by atoms with Crippen LogP contribution in [0.2, 0.25) is 0 Å². The minimum absolute atomic E-state index is 0.0197. The summed E-state index contributed by atoms with van der Waals surface area (Å²) < 4.78 is 5.58. The zero-order chi connectivity index (χ0) is 22.5. The molecule has 0 bridgehead atoms. The zero-order valence-corrected chi connectivity index (χ0v) is 19.1. The summed E-state index contributed by atoms with van der Waals surface area (Å²) in [6.07, 6.45) is 8.99. The monoisotopic (exact) mass is 438 g/mol. The number of carboxylic acid groups (broad SMARTS) is 1. The molecule has 1 saturated heterocycles. The predicted molar refractivity (Wildman–Crippen MR) is 126 cm³/mol. The van der Waals surface area contributed by atoms with Crippen LogP contribution in [0.5, 0.6) is 0 Å². The van der Waals surface area contributed by atoms with Crippen LogP contribution in [-0.2, 0) is 9.53 Å². The Morgan fingerprint density at radius 3 is 2.50 bits per heavy atom. The Kier molecular flexibility index (Phi) is 7.25. The highest BCUT2D eigenvalue weighted by Gasteiger charge is 2.27. The van der Waals surface area contributed by atoms with Gasteiger partial charge in [-0.25, -0.2) is 9.97 Å². The molecule has 2 aliphatic rings. The number of ether oxygens (including phenoxy) is 1. The zero-order valence-electron chi connectivity index (χ0n) is 19.1. The van der Waals surface area contributed by atoms with E-state index in [4.69, 9.17) is 4.74 Å². The Hall–Kier alpha value is -2.67. The molecule has 172 valence electrons. The Morgan fingerprint density at radius 2 is 1.91 bits per heavy atom. The molecule has 4 rings (SSSR count). The molecule has 1 aliphatic heterocycles. The van der Waals surface area contributed by atoms with Crippen LogP contribution >= 0.6 is 0 Å². The number of aromatic nitrogens is 2. The molecule has 2 fully saturated rings. The van der Waals surface area contributed by atoms with Crippen molar-refractivity contribution in [3.63, 3.8) is 0 Å². The number of hydrogen-bond donors (Lipinski definition) is 2. The van der Waals surface area contributed by atoms with Gasteiger partial charge in [-0.1, -0.05) is 13.0 Å². The summed E-state index contributed by atoms with van der Waals surface area (Å²) in [5.74, 6) is 0.661. The van der Waals surface area contributed by atoms with E-state index in [2.05, 4.69) is 45.3 Å². The molecule has 1 aromatic carbocycles. The lowest BCUT2D eigenvalue weighted by atomic mass is 9.92. The van der Waals surface area contributed by atoms with Gasteiger partial charge in [0, 0.05) is 31.7 Å². The minimum Gasteiger partial charge on any atom is -0.481 e. The molecule has 1 unspecified atom stereocenters. The first-order valence-electron chi connectivity index (χ1n) is 11.9. The van der Waals surface area contributed by atoms with Gasteiger partial charge in [0.15, 0.2) is 0 Å². The van der Waals surface area contributed by atoms with Gasteiger partial charge in [0.2, 0.25) is 0 Å². The molecule has 7 heteroatoms. The molecule has 7 nitrogen and oxygen atoms in total. The van der Waals surface area contributed by atoms with E-state index in [9.17, 15) is 9.90 Å². The van der Waals surface area contributed by atoms with Crippen LogP contribution in [-0.4, -0.2) is 46.8 Å². The van der Waals surface area contributed by atoms with E-state index in [0.717, 1.165) is 67.5 Å². The summed E-state index contributed by atoms with van der Waals surface area (Å²) >= 11 is 0. The van der Waals surface area contributed by atoms with Crippen LogP contribution in [0.1, 0.15) is 75.6 Å². The molecule has 1 aromatic heterocycles. The molecule has 1 aliphatic carbocycles. The Balaban J connectivity index is 1.66. The number of benzene rings is 1. The van der Waals surface area contributed by atoms with E-state index in [1.54, 1.807) is 0 Å². The first-order valence-corrected chi connectivity index (χ1v) is 11.9. The topological polar surface area (TPSA) is 87.6 Å². The summed E-state index contributed by atoms with van der Waals surface area (Å²) in [5, 5.41) is 12.9. The third kappa shape index (κ3) is 5.38. The highest BCUT2D eigenvalue weighted by atomic mass is 16.5. The minimum atomic E-state index is -0.767. The average Bonchev–Trinajstić information content (AvgIpc) is 3.65. The molecule has 0 amide bonds. The molecular weight excluding hydrogens is 404 g/mol. The summed E-state index contributed by atoms with van der Waals surface area (Å²) in [5.41, 5.74) is 3.99. The lowest BCUT2D eigenvalue weighted by molar-refractivity contribution is -0.137. The normalized spacial score (nSPS) is 17.7. The van der Waals surface area contributed by atoms with Gasteiger partial charge >= 0.3 is 5.97 Å². The van der Waals surface area contributed by atoms with Crippen LogP contribution in [0.3, 0.4) is 0 Å². The third-order valence-corrected chi connectivity index (χ3v) is 6.58. The van der Waals surface area contributed by atoms with Crippen molar-refractivity contribution >= 4 is 23.0 Å². The van der Waals surface area contributed by atoms with Gasteiger partial charge in [0.05, 0.1) is 35.9 Å². The fourth-order valence-electron chi connectivity index (χ4n) is 4.60. The van der Waals surface area contributed by atoms with Gasteiger partial charge in [0.25, 0.3) is 0 Å². The van der Waals surface area contributed by atoms with Gasteiger partial charge in [-0.3, -0.25) is 4.79 Å². The van der Waals surface area contributed by atoms with Crippen molar-refractivity contribution in [3.05, 3.63) is 42.0 Å². The SMILES string of the molecule is CCC(CC(=O)O)c1ccc(N(CC)C2CCOCC2)c(Nc2cnc(C3CC3)nc2)c1. The first kappa shape index (κ1) is 22.5. The van der Waals surface area contributed by atoms with E-state index < -0.39 is 5.97 Å². The standard InChI is InChI=1S/C25H34N4O3/c1-3-17(14-24(30)31)19-7-8-23(29(4-2)21-9-11-32-12-10-21)22(13-19)28-20-15-26-25(27-16-20)18-5-6-18/h7-8,13,15-18,21,28H,3-6,9-12,14H2,1-2H3,(H,30,31). The van der Waals surface area contributed by atoms with Crippen molar-refractivity contribution in [3.8, 4) is 0 Å². The maximum atomic E-state index is 11.4. The van der Waals surface area contributed by atoms with Gasteiger partial charge in [-0.2, -0.15) is 0 Å². The quantitative estimate of drug-likeness (QED) is 0.535. The molecule has 32 heavy (non-hydrogen) atoms. The number of nitrogens with zero attached hydrogens (tertiary/aromatic N) is 3. The lowest BCUT2D eigenvalue weighted by Crippen LogP contribution is -2.39. The largest absolute Gasteiger partial charge is 0.481 e. The van der Waals surface area contributed by atoms with Crippen LogP contribution < -0.4 is 10.2 Å². The van der Waals surface area contributed by atoms with Crippen molar-refractivity contribution in [1.29, 1.82) is 0 Å². The van der Waals surface area contributed by atoms with Crippen molar-refractivity contribution in [2.75, 3.05) is 30.0 Å². The van der Waals surface area contributed by atoms with Gasteiger partial charge < -0.3 is 20.1 Å². The number of nitrogens with one attached hydrogen (secondary N) is 1. The van der Waals surface area contributed by atoms with Crippen LogP contribution in [0, 0.1) is 0 Å². The first-order chi connectivity index (χ1) is 15.6. The number of rotatable bonds is 10. The molecular formula is C25H34N4O3. The molecule has 2 N–H and O–H groups in total. The van der Waals surface area contributed by atoms with Crippen molar-refractivity contribution in [2.45, 2.75) is 70.3 Å². The Bertz CT molecular complexity index is 908. The summed E-state index contributed by atoms with van der Waals surface area (Å²) in [6.45, 7) is 6.69. The molecule has 1 atom stereocenters. The van der Waals surface area contributed by atoms with Gasteiger partial charge in [-0.05, 0) is 62.6 Å². The lowest BCUT2D eigenvalue weighted by Gasteiger charge is -2.37. The van der Waals surface area contributed by atoms with E-state index in [0.29, 0.717) is 12.0 Å². The van der Waals surface area contributed by atoms with Gasteiger partial charge in [0.1, 0.15) is 5.82 Å². The summed E-state index contributed by atoms with van der Waals surface area (Å²) in [6, 6.07) is 6.77.